The van der Waals surface area contributed by atoms with Gasteiger partial charge in [-0.05, 0) is 40.3 Å². The van der Waals surface area contributed by atoms with Crippen LogP contribution in [0.3, 0.4) is 0 Å². The van der Waals surface area contributed by atoms with Gasteiger partial charge in [-0.25, -0.2) is 0 Å². The first-order valence-corrected chi connectivity index (χ1v) is 6.48. The minimum Gasteiger partial charge on any atom is -0.298 e. The number of hydrogen-bond donors (Lipinski definition) is 0. The molecule has 0 radical (unpaired) electrons. The van der Waals surface area contributed by atoms with Crippen molar-refractivity contribution in [2.24, 2.45) is 0 Å². The van der Waals surface area contributed by atoms with Gasteiger partial charge in [0.2, 0.25) is 0 Å². The van der Waals surface area contributed by atoms with Gasteiger partial charge >= 0.3 is 0 Å². The van der Waals surface area contributed by atoms with Crippen molar-refractivity contribution in [3.63, 3.8) is 0 Å². The highest BCUT2D eigenvalue weighted by molar-refractivity contribution is 4.93. The van der Waals surface area contributed by atoms with Crippen molar-refractivity contribution in [2.75, 3.05) is 26.2 Å². The zero-order valence-electron chi connectivity index (χ0n) is 11.2. The number of unbranched alkanes of at least 4 members (excludes halogenated alkanes) is 1. The Bertz CT molecular complexity index is 177. The SMILES string of the molecule is CCCCN(CC)C1CN(C(C)(C)C)C1. The molecule has 0 bridgehead atoms. The highest BCUT2D eigenvalue weighted by Crippen LogP contribution is 2.24. The summed E-state index contributed by atoms with van der Waals surface area (Å²) in [6, 6.07) is 0.820. The van der Waals surface area contributed by atoms with E-state index in [1.54, 1.807) is 0 Å². The highest BCUT2D eigenvalue weighted by atomic mass is 15.3. The molecule has 1 aliphatic rings. The van der Waals surface area contributed by atoms with Crippen molar-refractivity contribution in [1.29, 1.82) is 0 Å². The molecule has 0 aliphatic carbocycles. The maximum Gasteiger partial charge on any atom is 0.0350 e. The third-order valence-electron chi connectivity index (χ3n) is 3.53. The van der Waals surface area contributed by atoms with E-state index in [0.717, 1.165) is 6.04 Å². The van der Waals surface area contributed by atoms with Crippen LogP contribution < -0.4 is 0 Å². The van der Waals surface area contributed by atoms with Crippen LogP contribution in [0.4, 0.5) is 0 Å². The Morgan fingerprint density at radius 2 is 1.80 bits per heavy atom. The van der Waals surface area contributed by atoms with E-state index in [1.165, 1.54) is 39.0 Å². The van der Waals surface area contributed by atoms with Gasteiger partial charge in [-0.2, -0.15) is 0 Å². The van der Waals surface area contributed by atoms with E-state index >= 15 is 0 Å². The summed E-state index contributed by atoms with van der Waals surface area (Å²) in [4.78, 5) is 5.22. The van der Waals surface area contributed by atoms with E-state index in [1.807, 2.05) is 0 Å². The van der Waals surface area contributed by atoms with Crippen LogP contribution in [0.5, 0.6) is 0 Å². The van der Waals surface area contributed by atoms with Gasteiger partial charge in [0, 0.05) is 24.7 Å². The van der Waals surface area contributed by atoms with Crippen LogP contribution in [-0.4, -0.2) is 47.6 Å². The normalized spacial score (nSPS) is 19.6. The summed E-state index contributed by atoms with van der Waals surface area (Å²) in [6.07, 6.45) is 2.66. The van der Waals surface area contributed by atoms with Gasteiger partial charge in [0.15, 0.2) is 0 Å². The number of rotatable bonds is 5. The Hall–Kier alpha value is -0.0800. The van der Waals surface area contributed by atoms with Gasteiger partial charge in [0.1, 0.15) is 0 Å². The number of nitrogens with zero attached hydrogens (tertiary/aromatic N) is 2. The lowest BCUT2D eigenvalue weighted by atomic mass is 9.96. The molecule has 0 aromatic rings. The second-order valence-corrected chi connectivity index (χ2v) is 5.71. The first-order chi connectivity index (χ1) is 6.99. The monoisotopic (exact) mass is 212 g/mol. The molecule has 1 saturated heterocycles. The van der Waals surface area contributed by atoms with Crippen molar-refractivity contribution in [3.8, 4) is 0 Å². The van der Waals surface area contributed by atoms with Crippen LogP contribution in [-0.2, 0) is 0 Å². The largest absolute Gasteiger partial charge is 0.298 e. The summed E-state index contributed by atoms with van der Waals surface area (Å²) < 4.78 is 0. The fourth-order valence-electron chi connectivity index (χ4n) is 2.19. The molecule has 0 atom stereocenters. The highest BCUT2D eigenvalue weighted by Gasteiger charge is 2.36. The Morgan fingerprint density at radius 3 is 2.20 bits per heavy atom. The van der Waals surface area contributed by atoms with Gasteiger partial charge in [0.05, 0.1) is 0 Å². The second kappa shape index (κ2) is 5.31. The van der Waals surface area contributed by atoms with E-state index in [-0.39, 0.29) is 0 Å². The van der Waals surface area contributed by atoms with E-state index in [2.05, 4.69) is 44.4 Å². The molecule has 1 aliphatic heterocycles. The lowest BCUT2D eigenvalue weighted by molar-refractivity contribution is -0.0207. The molecule has 0 spiro atoms. The molecule has 0 N–H and O–H groups in total. The molecule has 1 heterocycles. The van der Waals surface area contributed by atoms with Gasteiger partial charge in [-0.1, -0.05) is 20.3 Å². The fraction of sp³-hybridized carbons (Fsp3) is 1.00. The summed E-state index contributed by atoms with van der Waals surface area (Å²) in [6.45, 7) is 16.5. The van der Waals surface area contributed by atoms with E-state index < -0.39 is 0 Å². The third kappa shape index (κ3) is 3.46. The predicted molar refractivity (Wildman–Crippen MR) is 67.3 cm³/mol. The Balaban J connectivity index is 2.29. The summed E-state index contributed by atoms with van der Waals surface area (Å²) in [5.74, 6) is 0. The number of likely N-dealkylation sites (N-methyl/N-ethyl adjacent to an activating group) is 1. The minimum atomic E-state index is 0.362. The molecule has 0 saturated carbocycles. The quantitative estimate of drug-likeness (QED) is 0.691. The van der Waals surface area contributed by atoms with Crippen molar-refractivity contribution in [2.45, 2.75) is 59.0 Å². The molecule has 2 heteroatoms. The lowest BCUT2D eigenvalue weighted by Gasteiger charge is -2.51. The second-order valence-electron chi connectivity index (χ2n) is 5.71. The standard InChI is InChI=1S/C13H28N2/c1-6-8-9-14(7-2)12-10-15(11-12)13(3,4)5/h12H,6-11H2,1-5H3. The maximum absolute atomic E-state index is 2.64. The molecule has 1 fully saturated rings. The first-order valence-electron chi connectivity index (χ1n) is 6.48. The molecule has 2 nitrogen and oxygen atoms in total. The average Bonchev–Trinajstić information content (AvgIpc) is 2.06. The Labute approximate surface area is 95.6 Å². The van der Waals surface area contributed by atoms with Crippen LogP contribution >= 0.6 is 0 Å². The molecule has 15 heavy (non-hydrogen) atoms. The number of likely N-dealkylation sites (tertiary alicyclic amines) is 1. The molecule has 0 aromatic heterocycles. The summed E-state index contributed by atoms with van der Waals surface area (Å²) in [7, 11) is 0. The van der Waals surface area contributed by atoms with Gasteiger partial charge in [0.25, 0.3) is 0 Å². The van der Waals surface area contributed by atoms with Crippen LogP contribution in [0.15, 0.2) is 0 Å². The van der Waals surface area contributed by atoms with Crippen LogP contribution in [0.2, 0.25) is 0 Å². The minimum absolute atomic E-state index is 0.362. The zero-order chi connectivity index (χ0) is 11.5. The first kappa shape index (κ1) is 13.0. The fourth-order valence-corrected chi connectivity index (χ4v) is 2.19. The molecule has 0 unspecified atom stereocenters. The Morgan fingerprint density at radius 1 is 1.20 bits per heavy atom. The molecular formula is C13H28N2. The van der Waals surface area contributed by atoms with Crippen LogP contribution in [0.25, 0.3) is 0 Å². The van der Waals surface area contributed by atoms with Crippen molar-refractivity contribution in [1.82, 2.24) is 9.80 Å². The lowest BCUT2D eigenvalue weighted by Crippen LogP contribution is -2.64. The van der Waals surface area contributed by atoms with Crippen LogP contribution in [0, 0.1) is 0 Å². The average molecular weight is 212 g/mol. The molecular weight excluding hydrogens is 184 g/mol. The third-order valence-corrected chi connectivity index (χ3v) is 3.53. The van der Waals surface area contributed by atoms with Crippen molar-refractivity contribution < 1.29 is 0 Å². The number of hydrogen-bond acceptors (Lipinski definition) is 2. The topological polar surface area (TPSA) is 6.48 Å². The van der Waals surface area contributed by atoms with Crippen molar-refractivity contribution >= 4 is 0 Å². The van der Waals surface area contributed by atoms with Gasteiger partial charge < -0.3 is 0 Å². The summed E-state index contributed by atoms with van der Waals surface area (Å²) >= 11 is 0. The molecule has 1 rings (SSSR count). The van der Waals surface area contributed by atoms with E-state index in [0.29, 0.717) is 5.54 Å². The smallest absolute Gasteiger partial charge is 0.0350 e. The van der Waals surface area contributed by atoms with Crippen molar-refractivity contribution in [3.05, 3.63) is 0 Å². The van der Waals surface area contributed by atoms with E-state index in [4.69, 9.17) is 0 Å². The van der Waals surface area contributed by atoms with Gasteiger partial charge in [-0.3, -0.25) is 9.80 Å². The van der Waals surface area contributed by atoms with E-state index in [9.17, 15) is 0 Å². The molecule has 0 aromatic carbocycles. The predicted octanol–water partition coefficient (Wildman–Crippen LogP) is 2.59. The van der Waals surface area contributed by atoms with Gasteiger partial charge in [-0.15, -0.1) is 0 Å². The summed E-state index contributed by atoms with van der Waals surface area (Å²) in [5, 5.41) is 0. The summed E-state index contributed by atoms with van der Waals surface area (Å²) in [5.41, 5.74) is 0.362. The maximum atomic E-state index is 2.64. The molecule has 90 valence electrons. The zero-order valence-corrected chi connectivity index (χ0v) is 11.2. The molecule has 0 amide bonds. The Kier molecular flexibility index (Phi) is 4.60. The van der Waals surface area contributed by atoms with Crippen LogP contribution in [0.1, 0.15) is 47.5 Å².